The Morgan fingerprint density at radius 2 is 1.83 bits per heavy atom. The minimum atomic E-state index is -4.37. The maximum Gasteiger partial charge on any atom is 0.389 e. The SMILES string of the molecule is CC(C)C[C@H](NC(=O)CCC(F)(F)F)c1ccc2nc(CNC(=O)c3ccnn3C)[nH]c2c1.FC1(F)CCCCC1. The molecule has 0 saturated heterocycles. The fraction of sp³-hybridized carbons (Fsp3) is 0.571. The molecule has 0 bridgehead atoms. The van der Waals surface area contributed by atoms with E-state index in [-0.39, 0.29) is 31.2 Å². The number of benzene rings is 1. The van der Waals surface area contributed by atoms with Crippen LogP contribution in [0, 0.1) is 5.92 Å². The predicted octanol–water partition coefficient (Wildman–Crippen LogP) is 6.36. The summed E-state index contributed by atoms with van der Waals surface area (Å²) >= 11 is 0. The molecule has 3 N–H and O–H groups in total. The van der Waals surface area contributed by atoms with Gasteiger partial charge in [-0.1, -0.05) is 26.3 Å². The Morgan fingerprint density at radius 1 is 1.12 bits per heavy atom. The number of hydrogen-bond acceptors (Lipinski definition) is 4. The van der Waals surface area contributed by atoms with E-state index in [1.807, 2.05) is 19.9 Å². The molecule has 1 aromatic carbocycles. The van der Waals surface area contributed by atoms with Gasteiger partial charge in [0, 0.05) is 32.5 Å². The summed E-state index contributed by atoms with van der Waals surface area (Å²) in [5, 5.41) is 9.47. The summed E-state index contributed by atoms with van der Waals surface area (Å²) in [7, 11) is 1.67. The lowest BCUT2D eigenvalue weighted by atomic mass is 9.96. The van der Waals surface area contributed by atoms with E-state index in [0.717, 1.165) is 12.0 Å². The lowest BCUT2D eigenvalue weighted by molar-refractivity contribution is -0.144. The van der Waals surface area contributed by atoms with Gasteiger partial charge in [0.2, 0.25) is 11.8 Å². The highest BCUT2D eigenvalue weighted by atomic mass is 19.4. The number of fused-ring (bicyclic) bond motifs is 1. The molecular weight excluding hydrogens is 547 g/mol. The van der Waals surface area contributed by atoms with E-state index in [2.05, 4.69) is 25.7 Å². The van der Waals surface area contributed by atoms with Gasteiger partial charge < -0.3 is 15.6 Å². The molecular formula is C28H37F5N6O2. The van der Waals surface area contributed by atoms with Crippen molar-refractivity contribution in [1.82, 2.24) is 30.4 Å². The lowest BCUT2D eigenvalue weighted by Crippen LogP contribution is -2.30. The van der Waals surface area contributed by atoms with Gasteiger partial charge in [-0.2, -0.15) is 18.3 Å². The molecule has 41 heavy (non-hydrogen) atoms. The Morgan fingerprint density at radius 3 is 2.39 bits per heavy atom. The number of halogens is 5. The number of aromatic amines is 1. The molecule has 1 aliphatic rings. The molecule has 13 heteroatoms. The number of nitrogens with zero attached hydrogens (tertiary/aromatic N) is 3. The first-order valence-corrected chi connectivity index (χ1v) is 13.7. The Kier molecular flexibility index (Phi) is 10.9. The van der Waals surface area contributed by atoms with Gasteiger partial charge in [-0.25, -0.2) is 13.8 Å². The second-order valence-electron chi connectivity index (χ2n) is 10.8. The summed E-state index contributed by atoms with van der Waals surface area (Å²) in [4.78, 5) is 32.0. The van der Waals surface area contributed by atoms with Gasteiger partial charge in [-0.3, -0.25) is 14.3 Å². The van der Waals surface area contributed by atoms with Crippen molar-refractivity contribution in [1.29, 1.82) is 0 Å². The second-order valence-corrected chi connectivity index (χ2v) is 10.8. The van der Waals surface area contributed by atoms with Crippen LogP contribution in [-0.2, 0) is 18.4 Å². The van der Waals surface area contributed by atoms with Crippen LogP contribution in [0.15, 0.2) is 30.5 Å². The molecule has 3 aromatic rings. The van der Waals surface area contributed by atoms with Gasteiger partial charge in [-0.15, -0.1) is 0 Å². The molecule has 1 saturated carbocycles. The van der Waals surface area contributed by atoms with Crippen LogP contribution in [0.1, 0.15) is 93.1 Å². The summed E-state index contributed by atoms with van der Waals surface area (Å²) in [6.45, 7) is 4.14. The average Bonchev–Trinajstić information content (AvgIpc) is 3.50. The van der Waals surface area contributed by atoms with E-state index in [1.54, 1.807) is 25.2 Å². The minimum Gasteiger partial charge on any atom is -0.349 e. The third-order valence-corrected chi connectivity index (χ3v) is 6.69. The number of rotatable bonds is 9. The van der Waals surface area contributed by atoms with Gasteiger partial charge in [0.05, 0.1) is 30.0 Å². The summed E-state index contributed by atoms with van der Waals surface area (Å²) in [6.07, 6.45) is -1.36. The molecule has 0 aliphatic heterocycles. The number of aromatic nitrogens is 4. The molecule has 1 atom stereocenters. The Labute approximate surface area is 235 Å². The highest BCUT2D eigenvalue weighted by molar-refractivity contribution is 5.92. The molecule has 4 rings (SSSR count). The first kappa shape index (κ1) is 32.0. The maximum atomic E-state index is 12.5. The predicted molar refractivity (Wildman–Crippen MR) is 144 cm³/mol. The van der Waals surface area contributed by atoms with E-state index in [1.165, 1.54) is 10.9 Å². The topological polar surface area (TPSA) is 105 Å². The van der Waals surface area contributed by atoms with Crippen LogP contribution in [0.25, 0.3) is 11.0 Å². The molecule has 0 spiro atoms. The van der Waals surface area contributed by atoms with Gasteiger partial charge in [0.15, 0.2) is 0 Å². The standard InChI is InChI=1S/C22H27F3N6O2.C6H10F2/c1-13(2)10-16(30-20(32)6-8-22(23,24)25)14-4-5-15-17(11-14)29-19(28-15)12-26-21(33)18-7-9-27-31(18)3;7-6(8)4-2-1-3-5-6/h4-5,7,9,11,13,16H,6,8,10,12H2,1-3H3,(H,26,33)(H,28,29)(H,30,32);1-5H2/t16-;/m0./s1. The van der Waals surface area contributed by atoms with Crippen molar-refractivity contribution in [3.05, 3.63) is 47.5 Å². The quantitative estimate of drug-likeness (QED) is 0.255. The zero-order valence-electron chi connectivity index (χ0n) is 23.5. The third-order valence-electron chi connectivity index (χ3n) is 6.69. The summed E-state index contributed by atoms with van der Waals surface area (Å²) in [6, 6.07) is 6.59. The molecule has 2 aromatic heterocycles. The number of H-pyrrole nitrogens is 1. The second kappa shape index (κ2) is 13.9. The van der Waals surface area contributed by atoms with Gasteiger partial charge in [0.1, 0.15) is 11.5 Å². The van der Waals surface area contributed by atoms with E-state index >= 15 is 0 Å². The van der Waals surface area contributed by atoms with Crippen molar-refractivity contribution in [2.75, 3.05) is 0 Å². The Hall–Kier alpha value is -3.51. The van der Waals surface area contributed by atoms with E-state index < -0.39 is 36.9 Å². The fourth-order valence-electron chi connectivity index (χ4n) is 4.57. The number of carbonyl (C=O) groups is 2. The van der Waals surface area contributed by atoms with E-state index in [9.17, 15) is 31.5 Å². The van der Waals surface area contributed by atoms with E-state index in [4.69, 9.17) is 0 Å². The fourth-order valence-corrected chi connectivity index (χ4v) is 4.57. The van der Waals surface area contributed by atoms with Crippen LogP contribution in [0.5, 0.6) is 0 Å². The smallest absolute Gasteiger partial charge is 0.349 e. The molecule has 0 unspecified atom stereocenters. The Bertz CT molecular complexity index is 1290. The van der Waals surface area contributed by atoms with Crippen molar-refractivity contribution >= 4 is 22.8 Å². The van der Waals surface area contributed by atoms with Crippen molar-refractivity contribution in [2.45, 2.75) is 89.9 Å². The number of hydrogen-bond donors (Lipinski definition) is 3. The highest BCUT2D eigenvalue weighted by Crippen LogP contribution is 2.32. The van der Waals surface area contributed by atoms with Crippen molar-refractivity contribution < 1.29 is 31.5 Å². The zero-order chi connectivity index (χ0) is 30.2. The van der Waals surface area contributed by atoms with Crippen molar-refractivity contribution in [3.63, 3.8) is 0 Å². The van der Waals surface area contributed by atoms with Crippen LogP contribution < -0.4 is 10.6 Å². The number of nitrogens with one attached hydrogen (secondary N) is 3. The molecule has 8 nitrogen and oxygen atoms in total. The molecule has 226 valence electrons. The molecule has 2 heterocycles. The van der Waals surface area contributed by atoms with Crippen LogP contribution in [0.4, 0.5) is 22.0 Å². The first-order chi connectivity index (χ1) is 19.2. The molecule has 2 amide bonds. The van der Waals surface area contributed by atoms with Crippen LogP contribution in [0.2, 0.25) is 0 Å². The molecule has 1 fully saturated rings. The summed E-state index contributed by atoms with van der Waals surface area (Å²) < 4.78 is 63.2. The van der Waals surface area contributed by atoms with Crippen LogP contribution in [-0.4, -0.2) is 43.7 Å². The number of imidazole rings is 1. The van der Waals surface area contributed by atoms with Crippen LogP contribution >= 0.6 is 0 Å². The largest absolute Gasteiger partial charge is 0.389 e. The third kappa shape index (κ3) is 10.4. The highest BCUT2D eigenvalue weighted by Gasteiger charge is 2.30. The minimum absolute atomic E-state index is 0.118. The first-order valence-electron chi connectivity index (χ1n) is 13.7. The van der Waals surface area contributed by atoms with Crippen LogP contribution in [0.3, 0.4) is 0 Å². The van der Waals surface area contributed by atoms with Crippen molar-refractivity contribution in [3.8, 4) is 0 Å². The number of amides is 2. The number of aryl methyl sites for hydroxylation is 1. The number of alkyl halides is 5. The maximum absolute atomic E-state index is 12.5. The Balaban J connectivity index is 0.000000496. The summed E-state index contributed by atoms with van der Waals surface area (Å²) in [5.74, 6) is -2.48. The van der Waals surface area contributed by atoms with Gasteiger partial charge in [-0.05, 0) is 48.9 Å². The van der Waals surface area contributed by atoms with E-state index in [0.29, 0.717) is 41.8 Å². The molecule has 1 aliphatic carbocycles. The van der Waals surface area contributed by atoms with Gasteiger partial charge >= 0.3 is 6.18 Å². The van der Waals surface area contributed by atoms with Gasteiger partial charge in [0.25, 0.3) is 5.91 Å². The normalized spacial score (nSPS) is 15.7. The van der Waals surface area contributed by atoms with Crippen molar-refractivity contribution in [2.24, 2.45) is 13.0 Å². The summed E-state index contributed by atoms with van der Waals surface area (Å²) in [5.41, 5.74) is 2.57. The average molecular weight is 585 g/mol. The lowest BCUT2D eigenvalue weighted by Gasteiger charge is -2.21. The zero-order valence-corrected chi connectivity index (χ0v) is 23.5. The molecule has 0 radical (unpaired) electrons. The number of carbonyl (C=O) groups excluding carboxylic acids is 2. The monoisotopic (exact) mass is 584 g/mol.